The molecule has 2 aromatic carbocycles. The topological polar surface area (TPSA) is 111 Å². The molecule has 0 radical (unpaired) electrons. The number of hydrogen-bond donors (Lipinski definition) is 2. The molecule has 0 aliphatic carbocycles. The number of likely N-dealkylation sites (tertiary alicyclic amines) is 2. The summed E-state index contributed by atoms with van der Waals surface area (Å²) < 4.78 is 69.3. The Hall–Kier alpha value is -4.01. The predicted molar refractivity (Wildman–Crippen MR) is 158 cm³/mol. The summed E-state index contributed by atoms with van der Waals surface area (Å²) in [6, 6.07) is 16.4. The fourth-order valence-corrected chi connectivity index (χ4v) is 5.13. The molecule has 0 atom stereocenters. The number of piperidine rings is 2. The molecule has 256 valence electrons. The van der Waals surface area contributed by atoms with Crippen molar-refractivity contribution in [2.24, 2.45) is 5.41 Å². The van der Waals surface area contributed by atoms with Crippen molar-refractivity contribution in [1.82, 2.24) is 9.80 Å². The van der Waals surface area contributed by atoms with Crippen molar-refractivity contribution >= 4 is 23.5 Å². The van der Waals surface area contributed by atoms with Crippen LogP contribution in [0.5, 0.6) is 5.75 Å². The number of alkyl halides is 6. The highest BCUT2D eigenvalue weighted by atomic mass is 19.4. The molecule has 0 aromatic heterocycles. The maximum absolute atomic E-state index is 13.0. The van der Waals surface area contributed by atoms with Crippen LogP contribution in [0.3, 0.4) is 0 Å². The van der Waals surface area contributed by atoms with Crippen molar-refractivity contribution in [3.05, 3.63) is 59.7 Å². The van der Waals surface area contributed by atoms with E-state index >= 15 is 0 Å². The van der Waals surface area contributed by atoms with E-state index in [1.54, 1.807) is 0 Å². The van der Waals surface area contributed by atoms with Crippen molar-refractivity contribution in [1.29, 1.82) is 0 Å². The number of ether oxygens (including phenoxy) is 1. The van der Waals surface area contributed by atoms with Crippen LogP contribution in [0, 0.1) is 5.41 Å². The van der Waals surface area contributed by atoms with Gasteiger partial charge in [0.1, 0.15) is 5.75 Å². The highest BCUT2D eigenvalue weighted by Crippen LogP contribution is 2.42. The fraction of sp³-hybridized carbons (Fsp3) is 0.516. The molecule has 2 aliphatic heterocycles. The van der Waals surface area contributed by atoms with E-state index in [4.69, 9.17) is 24.5 Å². The van der Waals surface area contributed by atoms with E-state index in [1.807, 2.05) is 51.4 Å². The minimum absolute atomic E-state index is 0.176. The van der Waals surface area contributed by atoms with Crippen molar-refractivity contribution in [2.45, 2.75) is 51.5 Å². The first-order chi connectivity index (χ1) is 21.4. The summed E-state index contributed by atoms with van der Waals surface area (Å²) in [6.45, 7) is 7.70. The molecule has 9 nitrogen and oxygen atoms in total. The van der Waals surface area contributed by atoms with E-state index in [0.29, 0.717) is 12.0 Å². The number of rotatable bonds is 6. The van der Waals surface area contributed by atoms with Gasteiger partial charge in [-0.15, -0.1) is 0 Å². The zero-order chi connectivity index (χ0) is 34.7. The van der Waals surface area contributed by atoms with E-state index in [2.05, 4.69) is 32.9 Å². The molecular formula is C31H39F6N3O6. The van der Waals surface area contributed by atoms with Crippen LogP contribution in [0.1, 0.15) is 48.5 Å². The third kappa shape index (κ3) is 11.7. The SMILES string of the molecule is CCOc1ccccc1CN1CCC2(CC1)CCN(C(=O)c1ccc(N(C)C)cc1)CC2.O=C(O)C(F)(F)F.O=C(O)C(F)(F)F. The summed E-state index contributed by atoms with van der Waals surface area (Å²) in [5.41, 5.74) is 3.61. The second kappa shape index (κ2) is 16.5. The van der Waals surface area contributed by atoms with Crippen LogP contribution in [0.4, 0.5) is 32.0 Å². The number of nitrogens with zero attached hydrogens (tertiary/aromatic N) is 3. The molecule has 15 heteroatoms. The molecule has 4 rings (SSSR count). The molecule has 2 fully saturated rings. The molecular weight excluding hydrogens is 624 g/mol. The van der Waals surface area contributed by atoms with Crippen LogP contribution in [0.15, 0.2) is 48.5 Å². The van der Waals surface area contributed by atoms with Crippen molar-refractivity contribution in [3.8, 4) is 5.75 Å². The molecule has 0 saturated carbocycles. The smallest absolute Gasteiger partial charge is 0.490 e. The van der Waals surface area contributed by atoms with Crippen LogP contribution in [-0.2, 0) is 16.1 Å². The molecule has 46 heavy (non-hydrogen) atoms. The average Bonchev–Trinajstić information content (AvgIpc) is 2.99. The van der Waals surface area contributed by atoms with E-state index in [0.717, 1.165) is 62.6 Å². The number of hydrogen-bond acceptors (Lipinski definition) is 6. The summed E-state index contributed by atoms with van der Waals surface area (Å²) >= 11 is 0. The number of aliphatic carboxylic acids is 2. The van der Waals surface area contributed by atoms with Gasteiger partial charge in [-0.1, -0.05) is 18.2 Å². The molecule has 2 saturated heterocycles. The Bertz CT molecular complexity index is 1260. The molecule has 0 unspecified atom stereocenters. The number of halogens is 6. The van der Waals surface area contributed by atoms with Crippen LogP contribution in [0.2, 0.25) is 0 Å². The lowest BCUT2D eigenvalue weighted by Crippen LogP contribution is -2.48. The minimum atomic E-state index is -5.08. The van der Waals surface area contributed by atoms with Gasteiger partial charge in [0, 0.05) is 50.5 Å². The van der Waals surface area contributed by atoms with Gasteiger partial charge in [-0.25, -0.2) is 9.59 Å². The zero-order valence-electron chi connectivity index (χ0n) is 25.8. The maximum atomic E-state index is 13.0. The molecule has 2 aromatic rings. The molecule has 0 bridgehead atoms. The largest absolute Gasteiger partial charge is 0.494 e. The Morgan fingerprint density at radius 2 is 1.26 bits per heavy atom. The van der Waals surface area contributed by atoms with Crippen LogP contribution in [0.25, 0.3) is 0 Å². The van der Waals surface area contributed by atoms with Gasteiger partial charge in [-0.3, -0.25) is 9.69 Å². The zero-order valence-corrected chi connectivity index (χ0v) is 25.8. The predicted octanol–water partition coefficient (Wildman–Crippen LogP) is 5.94. The number of benzene rings is 2. The number of amides is 1. The number of carbonyl (C=O) groups excluding carboxylic acids is 1. The summed E-state index contributed by atoms with van der Waals surface area (Å²) in [5.74, 6) is -4.32. The van der Waals surface area contributed by atoms with E-state index in [-0.39, 0.29) is 5.91 Å². The highest BCUT2D eigenvalue weighted by molar-refractivity contribution is 5.94. The normalized spacial score (nSPS) is 16.3. The van der Waals surface area contributed by atoms with Crippen LogP contribution < -0.4 is 9.64 Å². The van der Waals surface area contributed by atoms with Crippen molar-refractivity contribution in [2.75, 3.05) is 51.8 Å². The second-order valence-electron chi connectivity index (χ2n) is 11.2. The highest BCUT2D eigenvalue weighted by Gasteiger charge is 2.40. The van der Waals surface area contributed by atoms with Gasteiger partial charge < -0.3 is 24.7 Å². The van der Waals surface area contributed by atoms with Gasteiger partial charge in [0.25, 0.3) is 5.91 Å². The van der Waals surface area contributed by atoms with Gasteiger partial charge in [0.05, 0.1) is 6.61 Å². The maximum Gasteiger partial charge on any atom is 0.490 e. The van der Waals surface area contributed by atoms with Gasteiger partial charge in [-0.05, 0) is 81.4 Å². The lowest BCUT2D eigenvalue weighted by molar-refractivity contribution is -0.193. The first kappa shape index (κ1) is 38.2. The molecule has 2 aliphatic rings. The third-order valence-corrected chi connectivity index (χ3v) is 7.81. The third-order valence-electron chi connectivity index (χ3n) is 7.81. The van der Waals surface area contributed by atoms with E-state index in [9.17, 15) is 31.1 Å². The fourth-order valence-electron chi connectivity index (χ4n) is 5.13. The summed E-state index contributed by atoms with van der Waals surface area (Å²) in [6.07, 6.45) is -5.47. The standard InChI is InChI=1S/C27H37N3O2.2C2HF3O2/c1-4-32-25-8-6-5-7-23(25)21-29-17-13-27(14-18-29)15-19-30(20-16-27)26(31)22-9-11-24(12-10-22)28(2)3;2*3-2(4,5)1(6)7/h5-12H,4,13-21H2,1-3H3;2*(H,6,7). The Labute approximate surface area is 263 Å². The Morgan fingerprint density at radius 3 is 1.70 bits per heavy atom. The van der Waals surface area contributed by atoms with E-state index < -0.39 is 24.3 Å². The molecule has 1 amide bonds. The number of carboxylic acids is 2. The number of carboxylic acid groups (broad SMARTS) is 2. The van der Waals surface area contributed by atoms with Crippen molar-refractivity contribution in [3.63, 3.8) is 0 Å². The quantitative estimate of drug-likeness (QED) is 0.366. The van der Waals surface area contributed by atoms with Gasteiger partial charge in [0.2, 0.25) is 0 Å². The number of carbonyl (C=O) groups is 3. The Kier molecular flexibility index (Phi) is 13.7. The van der Waals surface area contributed by atoms with Gasteiger partial charge >= 0.3 is 24.3 Å². The lowest BCUT2D eigenvalue weighted by atomic mass is 9.71. The lowest BCUT2D eigenvalue weighted by Gasteiger charge is -2.47. The Balaban J connectivity index is 0.000000440. The molecule has 2 N–H and O–H groups in total. The van der Waals surface area contributed by atoms with E-state index in [1.165, 1.54) is 18.4 Å². The molecule has 2 heterocycles. The first-order valence-electron chi connectivity index (χ1n) is 14.5. The summed E-state index contributed by atoms with van der Waals surface area (Å²) in [5, 5.41) is 14.2. The average molecular weight is 664 g/mol. The minimum Gasteiger partial charge on any atom is -0.494 e. The summed E-state index contributed by atoms with van der Waals surface area (Å²) in [4.78, 5) is 37.5. The summed E-state index contributed by atoms with van der Waals surface area (Å²) in [7, 11) is 4.04. The van der Waals surface area contributed by atoms with Crippen LogP contribution >= 0.6 is 0 Å². The second-order valence-corrected chi connectivity index (χ2v) is 11.2. The first-order valence-corrected chi connectivity index (χ1v) is 14.5. The number of anilines is 1. The Morgan fingerprint density at radius 1 is 0.804 bits per heavy atom. The van der Waals surface area contributed by atoms with Gasteiger partial charge in [0.15, 0.2) is 0 Å². The monoisotopic (exact) mass is 663 g/mol. The molecule has 1 spiro atoms. The van der Waals surface area contributed by atoms with Gasteiger partial charge in [-0.2, -0.15) is 26.3 Å². The van der Waals surface area contributed by atoms with Crippen LogP contribution in [-0.4, -0.2) is 97.1 Å². The number of para-hydroxylation sites is 1. The van der Waals surface area contributed by atoms with Crippen molar-refractivity contribution < 1.29 is 55.7 Å².